The second-order valence-corrected chi connectivity index (χ2v) is 7.46. The van der Waals surface area contributed by atoms with Crippen LogP contribution >= 0.6 is 11.6 Å². The second kappa shape index (κ2) is 4.88. The van der Waals surface area contributed by atoms with Crippen molar-refractivity contribution in [2.45, 2.75) is 43.8 Å². The molecule has 0 amide bonds. The van der Waals surface area contributed by atoms with Crippen molar-refractivity contribution in [3.05, 3.63) is 39.9 Å². The van der Waals surface area contributed by atoms with Crippen molar-refractivity contribution in [3.8, 4) is 17.4 Å². The van der Waals surface area contributed by atoms with E-state index in [0.717, 1.165) is 16.7 Å². The van der Waals surface area contributed by atoms with Crippen LogP contribution in [0.5, 0.6) is 11.8 Å². The van der Waals surface area contributed by atoms with Gasteiger partial charge in [-0.05, 0) is 32.0 Å². The van der Waals surface area contributed by atoms with Gasteiger partial charge in [0, 0.05) is 6.42 Å². The van der Waals surface area contributed by atoms with E-state index in [1.54, 1.807) is 13.8 Å². The molecule has 1 aromatic carbocycles. The van der Waals surface area contributed by atoms with E-state index in [9.17, 15) is 28.5 Å². The number of fused-ring (bicyclic) bond motifs is 5. The minimum Gasteiger partial charge on any atom is -0.494 e. The lowest BCUT2D eigenvalue weighted by molar-refractivity contribution is -0.137. The summed E-state index contributed by atoms with van der Waals surface area (Å²) in [4.78, 5) is 0. The number of aliphatic hydroxyl groups is 1. The highest BCUT2D eigenvalue weighted by Gasteiger charge is 2.64. The molecular formula is C17H15ClF3NO4. The Balaban J connectivity index is 1.97. The first-order valence-corrected chi connectivity index (χ1v) is 8.21. The van der Waals surface area contributed by atoms with Crippen LogP contribution in [0.2, 0.25) is 5.02 Å². The SMILES string of the molecule is C[C@]12C[C@H](O)[C@](C)(O1)c1c2c(O)n(-c2ccc(Cl)c(C(F)(F)F)c2)c1O. The van der Waals surface area contributed by atoms with Crippen molar-refractivity contribution in [2.75, 3.05) is 0 Å². The molecule has 2 bridgehead atoms. The summed E-state index contributed by atoms with van der Waals surface area (Å²) in [6, 6.07) is 3.06. The highest BCUT2D eigenvalue weighted by Crippen LogP contribution is 2.64. The first kappa shape index (κ1) is 17.5. The normalized spacial score (nSPS) is 30.0. The quantitative estimate of drug-likeness (QED) is 0.693. The van der Waals surface area contributed by atoms with Crippen molar-refractivity contribution >= 4 is 11.6 Å². The van der Waals surface area contributed by atoms with E-state index in [-0.39, 0.29) is 23.2 Å². The molecule has 2 aromatic rings. The van der Waals surface area contributed by atoms with Crippen LogP contribution in [-0.2, 0) is 22.1 Å². The lowest BCUT2D eigenvalue weighted by Crippen LogP contribution is -2.32. The summed E-state index contributed by atoms with van der Waals surface area (Å²) >= 11 is 5.64. The Labute approximate surface area is 151 Å². The van der Waals surface area contributed by atoms with Crippen LogP contribution in [0.25, 0.3) is 5.69 Å². The summed E-state index contributed by atoms with van der Waals surface area (Å²) < 4.78 is 46.2. The van der Waals surface area contributed by atoms with Gasteiger partial charge in [-0.1, -0.05) is 11.6 Å². The molecule has 9 heteroatoms. The molecule has 5 nitrogen and oxygen atoms in total. The average molecular weight is 390 g/mol. The number of rotatable bonds is 1. The Hall–Kier alpha value is -1.90. The number of ether oxygens (including phenoxy) is 1. The number of hydrogen-bond donors (Lipinski definition) is 3. The van der Waals surface area contributed by atoms with Crippen LogP contribution in [0.1, 0.15) is 37.0 Å². The van der Waals surface area contributed by atoms with Gasteiger partial charge in [0.05, 0.1) is 39.1 Å². The zero-order valence-corrected chi connectivity index (χ0v) is 14.5. The van der Waals surface area contributed by atoms with Gasteiger partial charge in [-0.15, -0.1) is 0 Å². The van der Waals surface area contributed by atoms with Crippen LogP contribution in [0.4, 0.5) is 13.2 Å². The van der Waals surface area contributed by atoms with Gasteiger partial charge in [0.25, 0.3) is 0 Å². The predicted molar refractivity (Wildman–Crippen MR) is 85.5 cm³/mol. The fraction of sp³-hybridized carbons (Fsp3) is 0.412. The molecule has 1 saturated heterocycles. The molecule has 0 aliphatic carbocycles. The van der Waals surface area contributed by atoms with Crippen molar-refractivity contribution in [1.29, 1.82) is 0 Å². The predicted octanol–water partition coefficient (Wildman–Crippen LogP) is 3.79. The maximum Gasteiger partial charge on any atom is 0.417 e. The minimum absolute atomic E-state index is 0.104. The van der Waals surface area contributed by atoms with Gasteiger partial charge in [-0.25, -0.2) is 0 Å². The van der Waals surface area contributed by atoms with Crippen LogP contribution in [0.15, 0.2) is 18.2 Å². The van der Waals surface area contributed by atoms with E-state index in [4.69, 9.17) is 16.3 Å². The molecule has 3 heterocycles. The number of benzene rings is 1. The first-order chi connectivity index (χ1) is 11.9. The average Bonchev–Trinajstić information content (AvgIpc) is 3.01. The van der Waals surface area contributed by atoms with E-state index in [1.807, 2.05) is 0 Å². The molecule has 4 rings (SSSR count). The Morgan fingerprint density at radius 3 is 2.42 bits per heavy atom. The van der Waals surface area contributed by atoms with Crippen LogP contribution in [0, 0.1) is 0 Å². The number of aliphatic hydroxyl groups excluding tert-OH is 1. The molecule has 0 spiro atoms. The van der Waals surface area contributed by atoms with Crippen molar-refractivity contribution in [1.82, 2.24) is 4.57 Å². The summed E-state index contributed by atoms with van der Waals surface area (Å²) in [7, 11) is 0. The smallest absolute Gasteiger partial charge is 0.417 e. The maximum absolute atomic E-state index is 13.1. The van der Waals surface area contributed by atoms with E-state index in [2.05, 4.69) is 0 Å². The molecule has 0 saturated carbocycles. The fourth-order valence-corrected chi connectivity index (χ4v) is 4.37. The maximum atomic E-state index is 13.1. The molecule has 3 atom stereocenters. The van der Waals surface area contributed by atoms with E-state index < -0.39 is 45.8 Å². The molecule has 26 heavy (non-hydrogen) atoms. The van der Waals surface area contributed by atoms with Gasteiger partial charge >= 0.3 is 6.18 Å². The standard InChI is InChI=1S/C17H15ClF3NO4/c1-15-6-10(23)16(2,26-15)12-11(15)13(24)22(14(12)25)7-3-4-9(18)8(5-7)17(19,20)21/h3-5,10,23-25H,6H2,1-2H3/t10-,15+,16-/m0/s1. The summed E-state index contributed by atoms with van der Waals surface area (Å²) in [6.45, 7) is 3.22. The summed E-state index contributed by atoms with van der Waals surface area (Å²) in [5.74, 6) is -0.899. The van der Waals surface area contributed by atoms with E-state index in [0.29, 0.717) is 0 Å². The zero-order valence-electron chi connectivity index (χ0n) is 13.7. The van der Waals surface area contributed by atoms with Crippen LogP contribution in [-0.4, -0.2) is 26.0 Å². The fourth-order valence-electron chi connectivity index (χ4n) is 4.14. The van der Waals surface area contributed by atoms with Gasteiger partial charge in [0.1, 0.15) is 5.60 Å². The molecule has 1 fully saturated rings. The second-order valence-electron chi connectivity index (χ2n) is 7.05. The Morgan fingerprint density at radius 1 is 1.19 bits per heavy atom. The van der Waals surface area contributed by atoms with Gasteiger partial charge in [0.2, 0.25) is 11.8 Å². The molecule has 2 aliphatic rings. The van der Waals surface area contributed by atoms with Crippen molar-refractivity contribution in [2.24, 2.45) is 0 Å². The minimum atomic E-state index is -4.69. The molecule has 1 aromatic heterocycles. The number of nitrogens with zero attached hydrogens (tertiary/aromatic N) is 1. The number of hydrogen-bond acceptors (Lipinski definition) is 4. The molecule has 140 valence electrons. The molecule has 3 N–H and O–H groups in total. The molecule has 2 aliphatic heterocycles. The lowest BCUT2D eigenvalue weighted by Gasteiger charge is -2.25. The highest BCUT2D eigenvalue weighted by atomic mass is 35.5. The topological polar surface area (TPSA) is 74.8 Å². The third-order valence-corrected chi connectivity index (χ3v) is 5.65. The summed E-state index contributed by atoms with van der Waals surface area (Å²) in [6.07, 6.45) is -5.41. The van der Waals surface area contributed by atoms with Gasteiger partial charge in [-0.2, -0.15) is 13.2 Å². The number of aromatic hydroxyl groups is 2. The van der Waals surface area contributed by atoms with Crippen LogP contribution < -0.4 is 0 Å². The van der Waals surface area contributed by atoms with E-state index >= 15 is 0 Å². The molecular weight excluding hydrogens is 375 g/mol. The van der Waals surface area contributed by atoms with Gasteiger partial charge in [-0.3, -0.25) is 4.57 Å². The zero-order chi connectivity index (χ0) is 19.2. The summed E-state index contributed by atoms with van der Waals surface area (Å²) in [5, 5.41) is 31.1. The Morgan fingerprint density at radius 2 is 1.81 bits per heavy atom. The van der Waals surface area contributed by atoms with E-state index in [1.165, 1.54) is 6.07 Å². The number of aromatic nitrogens is 1. The highest BCUT2D eigenvalue weighted by molar-refractivity contribution is 6.31. The Kier molecular flexibility index (Phi) is 3.28. The molecule has 0 radical (unpaired) electrons. The molecule has 0 unspecified atom stereocenters. The first-order valence-electron chi connectivity index (χ1n) is 7.83. The third-order valence-electron chi connectivity index (χ3n) is 5.32. The third kappa shape index (κ3) is 2.00. The Bertz CT molecular complexity index is 941. The van der Waals surface area contributed by atoms with Crippen LogP contribution in [0.3, 0.4) is 0 Å². The monoisotopic (exact) mass is 389 g/mol. The van der Waals surface area contributed by atoms with Gasteiger partial charge < -0.3 is 20.1 Å². The van der Waals surface area contributed by atoms with Gasteiger partial charge in [0.15, 0.2) is 0 Å². The van der Waals surface area contributed by atoms with Crippen molar-refractivity contribution < 1.29 is 33.2 Å². The lowest BCUT2D eigenvalue weighted by atomic mass is 9.78. The number of halogens is 4. The van der Waals surface area contributed by atoms with Crippen molar-refractivity contribution in [3.63, 3.8) is 0 Å². The summed E-state index contributed by atoms with van der Waals surface area (Å²) in [5.41, 5.74) is -3.04. The number of alkyl halides is 3. The largest absolute Gasteiger partial charge is 0.494 e.